The summed E-state index contributed by atoms with van der Waals surface area (Å²) in [7, 11) is 1.65. The number of hydrogen-bond acceptors (Lipinski definition) is 2. The topological polar surface area (TPSA) is 22.4 Å². The van der Waals surface area contributed by atoms with Gasteiger partial charge >= 0.3 is 0 Å². The van der Waals surface area contributed by atoms with Crippen molar-refractivity contribution < 1.29 is 9.15 Å². The zero-order chi connectivity index (χ0) is 9.97. The zero-order valence-electron chi connectivity index (χ0n) is 7.66. The van der Waals surface area contributed by atoms with Crippen LogP contribution in [-0.2, 0) is 0 Å². The molecule has 0 saturated heterocycles. The molecule has 0 atom stereocenters. The lowest BCUT2D eigenvalue weighted by Crippen LogP contribution is -1.81. The highest BCUT2D eigenvalue weighted by atomic mass is 79.9. The maximum atomic E-state index is 5.34. The molecule has 0 aliphatic rings. The van der Waals surface area contributed by atoms with E-state index in [2.05, 4.69) is 15.9 Å². The van der Waals surface area contributed by atoms with Gasteiger partial charge in [0, 0.05) is 5.56 Å². The molecule has 0 spiro atoms. The average Bonchev–Trinajstić information content (AvgIpc) is 2.65. The highest BCUT2D eigenvalue weighted by Gasteiger charge is 2.05. The zero-order valence-corrected chi connectivity index (χ0v) is 9.24. The number of furan rings is 1. The summed E-state index contributed by atoms with van der Waals surface area (Å²) in [6, 6.07) is 9.61. The Balaban J connectivity index is 2.39. The van der Waals surface area contributed by atoms with Crippen LogP contribution in [0.5, 0.6) is 5.75 Å². The number of rotatable bonds is 2. The summed E-state index contributed by atoms with van der Waals surface area (Å²) in [6.45, 7) is 0. The van der Waals surface area contributed by atoms with Crippen molar-refractivity contribution in [2.75, 3.05) is 7.11 Å². The fraction of sp³-hybridized carbons (Fsp3) is 0.0909. The van der Waals surface area contributed by atoms with E-state index in [1.807, 2.05) is 30.3 Å². The van der Waals surface area contributed by atoms with Gasteiger partial charge < -0.3 is 9.15 Å². The molecular weight excluding hydrogens is 244 g/mol. The van der Waals surface area contributed by atoms with Gasteiger partial charge in [-0.25, -0.2) is 0 Å². The second kappa shape index (κ2) is 3.88. The van der Waals surface area contributed by atoms with Crippen molar-refractivity contribution in [1.82, 2.24) is 0 Å². The summed E-state index contributed by atoms with van der Waals surface area (Å²) < 4.78 is 11.4. The predicted octanol–water partition coefficient (Wildman–Crippen LogP) is 3.72. The Morgan fingerprint density at radius 3 is 2.36 bits per heavy atom. The Kier molecular flexibility index (Phi) is 2.59. The molecule has 0 fully saturated rings. The third kappa shape index (κ3) is 1.68. The minimum absolute atomic E-state index is 0.840. The van der Waals surface area contributed by atoms with E-state index in [4.69, 9.17) is 9.15 Å². The van der Waals surface area contributed by atoms with Crippen LogP contribution in [0.3, 0.4) is 0 Å². The van der Waals surface area contributed by atoms with Gasteiger partial charge in [0.25, 0.3) is 0 Å². The number of benzene rings is 1. The molecular formula is C11H9BrO2. The molecule has 0 bridgehead atoms. The van der Waals surface area contributed by atoms with Crippen molar-refractivity contribution >= 4 is 15.9 Å². The molecule has 1 aromatic carbocycles. The van der Waals surface area contributed by atoms with Gasteiger partial charge in [-0.3, -0.25) is 0 Å². The maximum Gasteiger partial charge on any atom is 0.148 e. The van der Waals surface area contributed by atoms with Gasteiger partial charge in [-0.2, -0.15) is 0 Å². The minimum Gasteiger partial charge on any atom is -0.497 e. The van der Waals surface area contributed by atoms with Crippen molar-refractivity contribution in [1.29, 1.82) is 0 Å². The molecule has 0 amide bonds. The van der Waals surface area contributed by atoms with E-state index >= 15 is 0 Å². The normalized spacial score (nSPS) is 10.1. The summed E-state index contributed by atoms with van der Waals surface area (Å²) in [5, 5.41) is 0. The Bertz CT molecular complexity index is 417. The summed E-state index contributed by atoms with van der Waals surface area (Å²) in [5.41, 5.74) is 1.03. The van der Waals surface area contributed by atoms with Crippen molar-refractivity contribution in [2.45, 2.75) is 0 Å². The molecule has 2 nitrogen and oxygen atoms in total. The molecule has 1 heterocycles. The SMILES string of the molecule is COc1ccc(-c2occc2Br)cc1. The fourth-order valence-electron chi connectivity index (χ4n) is 1.24. The first-order valence-corrected chi connectivity index (χ1v) is 4.98. The predicted molar refractivity (Wildman–Crippen MR) is 58.4 cm³/mol. The second-order valence-electron chi connectivity index (χ2n) is 2.83. The third-order valence-corrected chi connectivity index (χ3v) is 2.59. The Labute approximate surface area is 90.6 Å². The van der Waals surface area contributed by atoms with Gasteiger partial charge in [-0.15, -0.1) is 0 Å². The van der Waals surface area contributed by atoms with E-state index in [-0.39, 0.29) is 0 Å². The molecule has 14 heavy (non-hydrogen) atoms. The van der Waals surface area contributed by atoms with Crippen LogP contribution in [0.4, 0.5) is 0 Å². The molecule has 72 valence electrons. The minimum atomic E-state index is 0.840. The van der Waals surface area contributed by atoms with Crippen molar-refractivity contribution in [3.8, 4) is 17.1 Å². The quantitative estimate of drug-likeness (QED) is 0.813. The van der Waals surface area contributed by atoms with E-state index in [9.17, 15) is 0 Å². The highest BCUT2D eigenvalue weighted by molar-refractivity contribution is 9.10. The maximum absolute atomic E-state index is 5.34. The summed E-state index contributed by atoms with van der Waals surface area (Å²) in [4.78, 5) is 0. The molecule has 2 rings (SSSR count). The largest absolute Gasteiger partial charge is 0.497 e. The van der Waals surface area contributed by atoms with Crippen molar-refractivity contribution in [3.05, 3.63) is 41.1 Å². The monoisotopic (exact) mass is 252 g/mol. The van der Waals surface area contributed by atoms with Crippen LogP contribution >= 0.6 is 15.9 Å². The van der Waals surface area contributed by atoms with Crippen LogP contribution in [0.1, 0.15) is 0 Å². The van der Waals surface area contributed by atoms with Crippen molar-refractivity contribution in [3.63, 3.8) is 0 Å². The van der Waals surface area contributed by atoms with Crippen LogP contribution < -0.4 is 4.74 Å². The first-order chi connectivity index (χ1) is 6.81. The van der Waals surface area contributed by atoms with Gasteiger partial charge in [0.2, 0.25) is 0 Å². The highest BCUT2D eigenvalue weighted by Crippen LogP contribution is 2.30. The molecule has 0 aliphatic carbocycles. The van der Waals surface area contributed by atoms with Gasteiger partial charge in [0.05, 0.1) is 17.8 Å². The smallest absolute Gasteiger partial charge is 0.148 e. The number of halogens is 1. The summed E-state index contributed by atoms with van der Waals surface area (Å²) >= 11 is 3.41. The lowest BCUT2D eigenvalue weighted by Gasteiger charge is -2.01. The van der Waals surface area contributed by atoms with E-state index in [1.165, 1.54) is 0 Å². The molecule has 0 aliphatic heterocycles. The van der Waals surface area contributed by atoms with Gasteiger partial charge in [0.15, 0.2) is 0 Å². The standard InChI is InChI=1S/C11H9BrO2/c1-13-9-4-2-8(3-5-9)11-10(12)6-7-14-11/h2-7H,1H3. The molecule has 0 unspecified atom stereocenters. The fourth-order valence-corrected chi connectivity index (χ4v) is 1.67. The lowest BCUT2D eigenvalue weighted by molar-refractivity contribution is 0.415. The van der Waals surface area contributed by atoms with E-state index in [0.29, 0.717) is 0 Å². The summed E-state index contributed by atoms with van der Waals surface area (Å²) in [6.07, 6.45) is 1.66. The number of hydrogen-bond donors (Lipinski definition) is 0. The van der Waals surface area contributed by atoms with E-state index < -0.39 is 0 Å². The molecule has 3 heteroatoms. The van der Waals surface area contributed by atoms with Crippen LogP contribution in [-0.4, -0.2) is 7.11 Å². The van der Waals surface area contributed by atoms with Crippen LogP contribution in [0.2, 0.25) is 0 Å². The van der Waals surface area contributed by atoms with Gasteiger partial charge in [-0.05, 0) is 46.3 Å². The van der Waals surface area contributed by atoms with Gasteiger partial charge in [-0.1, -0.05) is 0 Å². The second-order valence-corrected chi connectivity index (χ2v) is 3.68. The van der Waals surface area contributed by atoms with Crippen molar-refractivity contribution in [2.24, 2.45) is 0 Å². The number of ether oxygens (including phenoxy) is 1. The van der Waals surface area contributed by atoms with E-state index in [1.54, 1.807) is 13.4 Å². The molecule has 0 N–H and O–H groups in total. The Morgan fingerprint density at radius 1 is 1.14 bits per heavy atom. The lowest BCUT2D eigenvalue weighted by atomic mass is 10.2. The molecule has 2 aromatic rings. The molecule has 0 saturated carbocycles. The Hall–Kier alpha value is -1.22. The average molecular weight is 253 g/mol. The molecule has 1 aromatic heterocycles. The first kappa shape index (κ1) is 9.34. The van der Waals surface area contributed by atoms with Crippen LogP contribution in [0.15, 0.2) is 45.5 Å². The third-order valence-electron chi connectivity index (χ3n) is 1.97. The van der Waals surface area contributed by atoms with Crippen LogP contribution in [0, 0.1) is 0 Å². The number of methoxy groups -OCH3 is 1. The molecule has 0 radical (unpaired) electrons. The van der Waals surface area contributed by atoms with Crippen LogP contribution in [0.25, 0.3) is 11.3 Å². The summed E-state index contributed by atoms with van der Waals surface area (Å²) in [5.74, 6) is 1.68. The van der Waals surface area contributed by atoms with E-state index in [0.717, 1.165) is 21.5 Å². The van der Waals surface area contributed by atoms with Gasteiger partial charge in [0.1, 0.15) is 11.5 Å². The first-order valence-electron chi connectivity index (χ1n) is 4.18. The Morgan fingerprint density at radius 2 is 1.86 bits per heavy atom.